The molecule has 0 amide bonds. The first-order chi connectivity index (χ1) is 8.29. The van der Waals surface area contributed by atoms with Gasteiger partial charge in [-0.1, -0.05) is 0 Å². The summed E-state index contributed by atoms with van der Waals surface area (Å²) in [5.41, 5.74) is 7.21. The number of methoxy groups -OCH3 is 1. The normalized spacial score (nSPS) is 10.9. The van der Waals surface area contributed by atoms with E-state index in [9.17, 15) is 0 Å². The molecule has 3 aromatic rings. The Balaban J connectivity index is 2.27. The molecule has 0 fully saturated rings. The first kappa shape index (κ1) is 10.1. The number of hydrogen-bond donors (Lipinski definition) is 1. The van der Waals surface area contributed by atoms with Crippen LogP contribution in [-0.4, -0.2) is 21.7 Å². The van der Waals surface area contributed by atoms with Gasteiger partial charge in [0.2, 0.25) is 0 Å². The zero-order chi connectivity index (χ0) is 11.8. The van der Waals surface area contributed by atoms with Crippen LogP contribution in [0.3, 0.4) is 0 Å². The Labute approximate surface area is 101 Å². The number of nitrogens with zero attached hydrogens (tertiary/aromatic N) is 3. The van der Waals surface area contributed by atoms with Crippen molar-refractivity contribution in [3.05, 3.63) is 29.8 Å². The molecule has 5 nitrogen and oxygen atoms in total. The van der Waals surface area contributed by atoms with Gasteiger partial charge in [0, 0.05) is 11.9 Å². The van der Waals surface area contributed by atoms with Gasteiger partial charge in [0.15, 0.2) is 11.5 Å². The second kappa shape index (κ2) is 3.74. The fourth-order valence-corrected chi connectivity index (χ4v) is 2.52. The third kappa shape index (κ3) is 1.53. The van der Waals surface area contributed by atoms with E-state index >= 15 is 0 Å². The topological polar surface area (TPSA) is 65.4 Å². The summed E-state index contributed by atoms with van der Waals surface area (Å²) < 4.78 is 7.15. The van der Waals surface area contributed by atoms with E-state index in [1.165, 1.54) is 0 Å². The van der Waals surface area contributed by atoms with Crippen molar-refractivity contribution in [3.63, 3.8) is 0 Å². The predicted octanol–water partition coefficient (Wildman–Crippen LogP) is 2.05. The largest absolute Gasteiger partial charge is 0.495 e. The number of nitrogens with two attached hydrogens (primary N) is 1. The van der Waals surface area contributed by atoms with Gasteiger partial charge in [-0.2, -0.15) is 0 Å². The van der Waals surface area contributed by atoms with Crippen LogP contribution in [0.15, 0.2) is 29.8 Å². The first-order valence-electron chi connectivity index (χ1n) is 5.01. The van der Waals surface area contributed by atoms with Crippen LogP contribution in [0.2, 0.25) is 0 Å². The predicted molar refractivity (Wildman–Crippen MR) is 67.3 cm³/mol. The number of pyridine rings is 1. The SMILES string of the molecule is COc1ccsc1-c1nnc2ccc(N)cn12. The molecule has 3 rings (SSSR count). The van der Waals surface area contributed by atoms with Crippen LogP contribution in [0.1, 0.15) is 0 Å². The molecular formula is C11H10N4OS. The molecule has 6 heteroatoms. The fraction of sp³-hybridized carbons (Fsp3) is 0.0909. The van der Waals surface area contributed by atoms with E-state index < -0.39 is 0 Å². The van der Waals surface area contributed by atoms with Crippen LogP contribution in [0.4, 0.5) is 5.69 Å². The molecule has 86 valence electrons. The van der Waals surface area contributed by atoms with Crippen molar-refractivity contribution in [2.24, 2.45) is 0 Å². The average molecular weight is 246 g/mol. The van der Waals surface area contributed by atoms with Crippen molar-refractivity contribution in [3.8, 4) is 16.5 Å². The second-order valence-corrected chi connectivity index (χ2v) is 4.45. The molecule has 0 radical (unpaired) electrons. The van der Waals surface area contributed by atoms with Gasteiger partial charge in [0.1, 0.15) is 10.6 Å². The van der Waals surface area contributed by atoms with E-state index in [0.29, 0.717) is 5.69 Å². The molecule has 0 saturated heterocycles. The molecule has 2 N–H and O–H groups in total. The summed E-state index contributed by atoms with van der Waals surface area (Å²) in [6, 6.07) is 5.55. The third-order valence-electron chi connectivity index (χ3n) is 2.48. The van der Waals surface area contributed by atoms with Gasteiger partial charge in [-0.25, -0.2) is 0 Å². The molecule has 0 unspecified atom stereocenters. The zero-order valence-corrected chi connectivity index (χ0v) is 9.94. The molecule has 0 saturated carbocycles. The van der Waals surface area contributed by atoms with Gasteiger partial charge in [-0.15, -0.1) is 21.5 Å². The van der Waals surface area contributed by atoms with Crippen molar-refractivity contribution >= 4 is 22.7 Å². The monoisotopic (exact) mass is 246 g/mol. The summed E-state index contributed by atoms with van der Waals surface area (Å²) in [5, 5.41) is 10.2. The lowest BCUT2D eigenvalue weighted by Gasteiger charge is -2.01. The highest BCUT2D eigenvalue weighted by atomic mass is 32.1. The van der Waals surface area contributed by atoms with Gasteiger partial charge >= 0.3 is 0 Å². The number of aromatic nitrogens is 3. The number of ether oxygens (including phenoxy) is 1. The minimum atomic E-state index is 0.675. The molecule has 0 bridgehead atoms. The highest BCUT2D eigenvalue weighted by molar-refractivity contribution is 7.13. The molecule has 3 aromatic heterocycles. The lowest BCUT2D eigenvalue weighted by molar-refractivity contribution is 0.418. The highest BCUT2D eigenvalue weighted by Gasteiger charge is 2.14. The van der Waals surface area contributed by atoms with Gasteiger partial charge in [-0.05, 0) is 23.6 Å². The lowest BCUT2D eigenvalue weighted by atomic mass is 10.4. The Morgan fingerprint density at radius 3 is 3.00 bits per heavy atom. The van der Waals surface area contributed by atoms with Crippen molar-refractivity contribution in [1.29, 1.82) is 0 Å². The van der Waals surface area contributed by atoms with E-state index in [-0.39, 0.29) is 0 Å². The number of nitrogen functional groups attached to an aromatic ring is 1. The molecular weight excluding hydrogens is 236 g/mol. The Morgan fingerprint density at radius 1 is 1.29 bits per heavy atom. The first-order valence-corrected chi connectivity index (χ1v) is 5.89. The number of rotatable bonds is 2. The zero-order valence-electron chi connectivity index (χ0n) is 9.12. The Hall–Kier alpha value is -2.08. The summed E-state index contributed by atoms with van der Waals surface area (Å²) in [6.07, 6.45) is 1.81. The molecule has 0 aliphatic rings. The summed E-state index contributed by atoms with van der Waals surface area (Å²) in [4.78, 5) is 0.950. The lowest BCUT2D eigenvalue weighted by Crippen LogP contribution is -1.93. The van der Waals surface area contributed by atoms with Crippen LogP contribution >= 0.6 is 11.3 Å². The van der Waals surface area contributed by atoms with Crippen LogP contribution < -0.4 is 10.5 Å². The van der Waals surface area contributed by atoms with E-state index in [0.717, 1.165) is 22.1 Å². The maximum atomic E-state index is 5.77. The molecule has 17 heavy (non-hydrogen) atoms. The summed E-state index contributed by atoms with van der Waals surface area (Å²) in [7, 11) is 1.64. The second-order valence-electron chi connectivity index (χ2n) is 3.53. The molecule has 0 aromatic carbocycles. The van der Waals surface area contributed by atoms with E-state index in [2.05, 4.69) is 10.2 Å². The summed E-state index contributed by atoms with van der Waals surface area (Å²) in [6.45, 7) is 0. The van der Waals surface area contributed by atoms with Crippen molar-refractivity contribution in [2.75, 3.05) is 12.8 Å². The fourth-order valence-electron chi connectivity index (χ4n) is 1.68. The number of hydrogen-bond acceptors (Lipinski definition) is 5. The number of fused-ring (bicyclic) bond motifs is 1. The van der Waals surface area contributed by atoms with Gasteiger partial charge in [-0.3, -0.25) is 4.40 Å². The van der Waals surface area contributed by atoms with Crippen LogP contribution in [-0.2, 0) is 0 Å². The van der Waals surface area contributed by atoms with Gasteiger partial charge in [0.25, 0.3) is 0 Å². The molecule has 0 atom stereocenters. The maximum Gasteiger partial charge on any atom is 0.182 e. The average Bonchev–Trinajstić information content (AvgIpc) is 2.93. The van der Waals surface area contributed by atoms with Crippen LogP contribution in [0, 0.1) is 0 Å². The smallest absolute Gasteiger partial charge is 0.182 e. The Bertz CT molecular complexity index is 673. The third-order valence-corrected chi connectivity index (χ3v) is 3.37. The Kier molecular flexibility index (Phi) is 2.22. The molecule has 0 aliphatic heterocycles. The van der Waals surface area contributed by atoms with Crippen molar-refractivity contribution < 1.29 is 4.74 Å². The molecule has 0 aliphatic carbocycles. The van der Waals surface area contributed by atoms with Crippen molar-refractivity contribution in [2.45, 2.75) is 0 Å². The Morgan fingerprint density at radius 2 is 2.18 bits per heavy atom. The van der Waals surface area contributed by atoms with E-state index in [4.69, 9.17) is 10.5 Å². The van der Waals surface area contributed by atoms with Gasteiger partial charge < -0.3 is 10.5 Å². The molecule has 0 spiro atoms. The van der Waals surface area contributed by atoms with Crippen molar-refractivity contribution in [1.82, 2.24) is 14.6 Å². The minimum Gasteiger partial charge on any atom is -0.495 e. The van der Waals surface area contributed by atoms with E-state index in [1.807, 2.05) is 28.1 Å². The number of thiophene rings is 1. The standard InChI is InChI=1S/C11H10N4OS/c1-16-8-4-5-17-10(8)11-14-13-9-3-2-7(12)6-15(9)11/h2-6H,12H2,1H3. The quantitative estimate of drug-likeness (QED) is 0.751. The minimum absolute atomic E-state index is 0.675. The summed E-state index contributed by atoms with van der Waals surface area (Å²) >= 11 is 1.56. The van der Waals surface area contributed by atoms with E-state index in [1.54, 1.807) is 24.5 Å². The van der Waals surface area contributed by atoms with Crippen LogP contribution in [0.5, 0.6) is 5.75 Å². The highest BCUT2D eigenvalue weighted by Crippen LogP contribution is 2.34. The van der Waals surface area contributed by atoms with Crippen LogP contribution in [0.25, 0.3) is 16.3 Å². The van der Waals surface area contributed by atoms with Gasteiger partial charge in [0.05, 0.1) is 7.11 Å². The summed E-state index contributed by atoms with van der Waals surface area (Å²) in [5.74, 6) is 1.55. The number of anilines is 1. The maximum absolute atomic E-state index is 5.77. The molecule has 3 heterocycles.